The summed E-state index contributed by atoms with van der Waals surface area (Å²) in [5.41, 5.74) is 1.10. The summed E-state index contributed by atoms with van der Waals surface area (Å²) in [5, 5.41) is 1.21. The zero-order valence-corrected chi connectivity index (χ0v) is 9.08. The average molecular weight is 242 g/mol. The van der Waals surface area contributed by atoms with Crippen molar-refractivity contribution in [3.63, 3.8) is 0 Å². The molecular weight excluding hydrogens is 234 g/mol. The van der Waals surface area contributed by atoms with E-state index in [1.54, 1.807) is 11.3 Å². The Balaban J connectivity index is 2.74. The summed E-state index contributed by atoms with van der Waals surface area (Å²) in [6.07, 6.45) is 1.02. The third-order valence-electron chi connectivity index (χ3n) is 1.71. The van der Waals surface area contributed by atoms with E-state index in [-0.39, 0.29) is 0 Å². The molecule has 1 aromatic carbocycles. The quantitative estimate of drug-likeness (QED) is 0.744. The first kappa shape index (κ1) is 8.20. The van der Waals surface area contributed by atoms with Gasteiger partial charge < -0.3 is 0 Å². The van der Waals surface area contributed by atoms with Crippen LogP contribution in [0.15, 0.2) is 22.7 Å². The van der Waals surface area contributed by atoms with E-state index in [9.17, 15) is 0 Å². The second kappa shape index (κ2) is 3.15. The average Bonchev–Trinajstić information content (AvgIpc) is 2.49. The SMILES string of the molecule is CCc1nc2cccc(Br)c2s1. The number of hydrogen-bond acceptors (Lipinski definition) is 2. The van der Waals surface area contributed by atoms with E-state index >= 15 is 0 Å². The summed E-state index contributed by atoms with van der Waals surface area (Å²) >= 11 is 5.28. The Morgan fingerprint density at radius 1 is 1.50 bits per heavy atom. The molecule has 2 aromatic rings. The van der Waals surface area contributed by atoms with Gasteiger partial charge in [-0.05, 0) is 34.5 Å². The Kier molecular flexibility index (Phi) is 2.15. The van der Waals surface area contributed by atoms with Crippen LogP contribution in [0.5, 0.6) is 0 Å². The highest BCUT2D eigenvalue weighted by atomic mass is 79.9. The van der Waals surface area contributed by atoms with Crippen LogP contribution in [0, 0.1) is 0 Å². The maximum Gasteiger partial charge on any atom is 0.0936 e. The maximum atomic E-state index is 4.48. The van der Waals surface area contributed by atoms with Crippen LogP contribution in [0.1, 0.15) is 11.9 Å². The van der Waals surface area contributed by atoms with Gasteiger partial charge in [-0.2, -0.15) is 0 Å². The predicted octanol–water partition coefficient (Wildman–Crippen LogP) is 3.62. The van der Waals surface area contributed by atoms with Crippen molar-refractivity contribution in [2.45, 2.75) is 13.3 Å². The van der Waals surface area contributed by atoms with Gasteiger partial charge in [0.05, 0.1) is 15.2 Å². The van der Waals surface area contributed by atoms with E-state index < -0.39 is 0 Å². The number of aromatic nitrogens is 1. The van der Waals surface area contributed by atoms with Crippen molar-refractivity contribution >= 4 is 37.5 Å². The summed E-state index contributed by atoms with van der Waals surface area (Å²) < 4.78 is 2.41. The molecule has 0 aliphatic rings. The largest absolute Gasteiger partial charge is 0.241 e. The second-order valence-electron chi connectivity index (χ2n) is 2.55. The maximum absolute atomic E-state index is 4.48. The fourth-order valence-corrected chi connectivity index (χ4v) is 2.62. The number of hydrogen-bond donors (Lipinski definition) is 0. The van der Waals surface area contributed by atoms with Gasteiger partial charge in [-0.15, -0.1) is 11.3 Å². The van der Waals surface area contributed by atoms with Crippen LogP contribution in [0.2, 0.25) is 0 Å². The number of fused-ring (bicyclic) bond motifs is 1. The highest BCUT2D eigenvalue weighted by molar-refractivity contribution is 9.10. The molecule has 1 heterocycles. The normalized spacial score (nSPS) is 10.8. The van der Waals surface area contributed by atoms with Gasteiger partial charge in [-0.25, -0.2) is 4.98 Å². The second-order valence-corrected chi connectivity index (χ2v) is 4.49. The van der Waals surface area contributed by atoms with Gasteiger partial charge in [-0.3, -0.25) is 0 Å². The Hall–Kier alpha value is -0.410. The van der Waals surface area contributed by atoms with Crippen LogP contribution in [0.3, 0.4) is 0 Å². The summed E-state index contributed by atoms with van der Waals surface area (Å²) in [6, 6.07) is 6.13. The minimum atomic E-state index is 1.02. The van der Waals surface area contributed by atoms with Gasteiger partial charge in [0.25, 0.3) is 0 Å². The lowest BCUT2D eigenvalue weighted by Gasteiger charge is -1.88. The molecule has 3 heteroatoms. The first-order valence-electron chi connectivity index (χ1n) is 3.85. The van der Waals surface area contributed by atoms with Crippen molar-refractivity contribution in [1.29, 1.82) is 0 Å². The summed E-state index contributed by atoms with van der Waals surface area (Å²) in [5.74, 6) is 0. The van der Waals surface area contributed by atoms with Crippen molar-refractivity contribution in [2.24, 2.45) is 0 Å². The molecule has 1 aromatic heterocycles. The number of aryl methyl sites for hydroxylation is 1. The smallest absolute Gasteiger partial charge is 0.0936 e. The topological polar surface area (TPSA) is 12.9 Å². The molecule has 0 aliphatic heterocycles. The first-order valence-corrected chi connectivity index (χ1v) is 5.46. The number of halogens is 1. The standard InChI is InChI=1S/C9H8BrNS/c1-2-8-11-7-5-3-4-6(10)9(7)12-8/h3-5H,2H2,1H3. The van der Waals surface area contributed by atoms with E-state index in [4.69, 9.17) is 0 Å². The number of rotatable bonds is 1. The molecule has 2 rings (SSSR count). The van der Waals surface area contributed by atoms with E-state index in [0.717, 1.165) is 16.4 Å². The van der Waals surface area contributed by atoms with Crippen molar-refractivity contribution in [1.82, 2.24) is 4.98 Å². The van der Waals surface area contributed by atoms with Gasteiger partial charge >= 0.3 is 0 Å². The highest BCUT2D eigenvalue weighted by Crippen LogP contribution is 2.29. The van der Waals surface area contributed by atoms with Crippen LogP contribution in [0.4, 0.5) is 0 Å². The zero-order chi connectivity index (χ0) is 8.55. The van der Waals surface area contributed by atoms with Crippen molar-refractivity contribution in [3.8, 4) is 0 Å². The lowest BCUT2D eigenvalue weighted by atomic mass is 10.3. The molecule has 62 valence electrons. The van der Waals surface area contributed by atoms with E-state index in [1.807, 2.05) is 6.07 Å². The monoisotopic (exact) mass is 241 g/mol. The summed E-state index contributed by atoms with van der Waals surface area (Å²) in [4.78, 5) is 4.48. The van der Waals surface area contributed by atoms with Crippen LogP contribution in [0.25, 0.3) is 10.2 Å². The van der Waals surface area contributed by atoms with Crippen LogP contribution < -0.4 is 0 Å². The Labute approximate surface area is 83.6 Å². The number of thiazole rings is 1. The molecule has 1 nitrogen and oxygen atoms in total. The summed E-state index contributed by atoms with van der Waals surface area (Å²) in [6.45, 7) is 2.13. The van der Waals surface area contributed by atoms with Crippen LogP contribution in [-0.4, -0.2) is 4.98 Å². The first-order chi connectivity index (χ1) is 5.81. The Bertz CT molecular complexity index is 408. The molecule has 0 radical (unpaired) electrons. The van der Waals surface area contributed by atoms with Crippen LogP contribution >= 0.6 is 27.3 Å². The molecule has 12 heavy (non-hydrogen) atoms. The van der Waals surface area contributed by atoms with E-state index in [0.29, 0.717) is 0 Å². The van der Waals surface area contributed by atoms with Crippen molar-refractivity contribution in [3.05, 3.63) is 27.7 Å². The van der Waals surface area contributed by atoms with Gasteiger partial charge in [0, 0.05) is 4.47 Å². The minimum absolute atomic E-state index is 1.02. The van der Waals surface area contributed by atoms with Crippen molar-refractivity contribution < 1.29 is 0 Å². The molecule has 0 amide bonds. The molecule has 0 saturated carbocycles. The molecular formula is C9H8BrNS. The lowest BCUT2D eigenvalue weighted by molar-refractivity contribution is 1.11. The molecule has 0 N–H and O–H groups in total. The predicted molar refractivity (Wildman–Crippen MR) is 56.7 cm³/mol. The lowest BCUT2D eigenvalue weighted by Crippen LogP contribution is -1.73. The fourth-order valence-electron chi connectivity index (χ4n) is 1.11. The van der Waals surface area contributed by atoms with Crippen molar-refractivity contribution in [2.75, 3.05) is 0 Å². The van der Waals surface area contributed by atoms with Gasteiger partial charge in [0.2, 0.25) is 0 Å². The molecule has 0 bridgehead atoms. The minimum Gasteiger partial charge on any atom is -0.241 e. The molecule has 0 fully saturated rings. The Morgan fingerprint density at radius 2 is 2.33 bits per heavy atom. The molecule has 0 atom stereocenters. The number of benzene rings is 1. The highest BCUT2D eigenvalue weighted by Gasteiger charge is 2.03. The van der Waals surface area contributed by atoms with E-state index in [2.05, 4.69) is 40.0 Å². The molecule has 0 saturated heterocycles. The zero-order valence-electron chi connectivity index (χ0n) is 6.67. The van der Waals surface area contributed by atoms with Gasteiger partial charge in [0.15, 0.2) is 0 Å². The fraction of sp³-hybridized carbons (Fsp3) is 0.222. The summed E-state index contributed by atoms with van der Waals surface area (Å²) in [7, 11) is 0. The van der Waals surface area contributed by atoms with Gasteiger partial charge in [0.1, 0.15) is 0 Å². The third kappa shape index (κ3) is 1.27. The number of nitrogens with zero attached hydrogens (tertiary/aromatic N) is 1. The molecule has 0 unspecified atom stereocenters. The van der Waals surface area contributed by atoms with Crippen LogP contribution in [-0.2, 0) is 6.42 Å². The van der Waals surface area contributed by atoms with Gasteiger partial charge in [-0.1, -0.05) is 13.0 Å². The molecule has 0 aliphatic carbocycles. The third-order valence-corrected chi connectivity index (χ3v) is 3.89. The van der Waals surface area contributed by atoms with E-state index in [1.165, 1.54) is 9.71 Å². The Morgan fingerprint density at radius 3 is 3.00 bits per heavy atom. The molecule has 0 spiro atoms.